The van der Waals surface area contributed by atoms with E-state index in [9.17, 15) is 9.59 Å². The number of nitrogens with one attached hydrogen (secondary N) is 1. The lowest BCUT2D eigenvalue weighted by Gasteiger charge is -2.28. The van der Waals surface area contributed by atoms with Crippen LogP contribution in [0, 0.1) is 0 Å². The first-order valence-corrected chi connectivity index (χ1v) is 7.66. The van der Waals surface area contributed by atoms with Crippen LogP contribution in [0.4, 0.5) is 0 Å². The van der Waals surface area contributed by atoms with E-state index in [1.54, 1.807) is 12.4 Å². The molecular weight excluding hydrogens is 282 g/mol. The Bertz CT molecular complexity index is 507. The van der Waals surface area contributed by atoms with Crippen LogP contribution in [0.5, 0.6) is 0 Å². The Kier molecular flexibility index (Phi) is 5.89. The molecule has 120 valence electrons. The van der Waals surface area contributed by atoms with E-state index in [0.29, 0.717) is 13.2 Å². The van der Waals surface area contributed by atoms with Crippen molar-refractivity contribution in [2.24, 2.45) is 0 Å². The second-order valence-corrected chi connectivity index (χ2v) is 5.41. The van der Waals surface area contributed by atoms with Crippen molar-refractivity contribution < 1.29 is 14.3 Å². The van der Waals surface area contributed by atoms with Crippen molar-refractivity contribution in [2.45, 2.75) is 38.8 Å². The van der Waals surface area contributed by atoms with Crippen LogP contribution in [0.3, 0.4) is 0 Å². The van der Waals surface area contributed by atoms with Gasteiger partial charge in [0.25, 0.3) is 0 Å². The van der Waals surface area contributed by atoms with Gasteiger partial charge in [0.1, 0.15) is 0 Å². The van der Waals surface area contributed by atoms with Crippen LogP contribution < -0.4 is 5.32 Å². The van der Waals surface area contributed by atoms with Crippen molar-refractivity contribution in [1.82, 2.24) is 15.2 Å². The molecule has 0 radical (unpaired) electrons. The standard InChI is InChI=1S/C16H23N3O3/c1-3-22-15-6-9-19(16(21)11-18-12(2)20)14(15)10-13-4-7-17-8-5-13/h4-5,7-8,14-15H,3,6,9-11H2,1-2H3,(H,18,20)/t14-,15-/m1/s1. The quantitative estimate of drug-likeness (QED) is 0.842. The summed E-state index contributed by atoms with van der Waals surface area (Å²) in [6.45, 7) is 4.71. The minimum Gasteiger partial charge on any atom is -0.376 e. The first-order valence-electron chi connectivity index (χ1n) is 7.66. The van der Waals surface area contributed by atoms with Crippen LogP contribution >= 0.6 is 0 Å². The molecule has 2 amide bonds. The molecule has 0 aromatic carbocycles. The van der Waals surface area contributed by atoms with Crippen molar-refractivity contribution in [1.29, 1.82) is 0 Å². The van der Waals surface area contributed by atoms with Gasteiger partial charge in [-0.25, -0.2) is 0 Å². The lowest BCUT2D eigenvalue weighted by atomic mass is 10.0. The van der Waals surface area contributed by atoms with Crippen molar-refractivity contribution in [3.63, 3.8) is 0 Å². The topological polar surface area (TPSA) is 71.5 Å². The lowest BCUT2D eigenvalue weighted by Crippen LogP contribution is -2.46. The average Bonchev–Trinajstić information content (AvgIpc) is 2.89. The molecule has 1 aliphatic heterocycles. The predicted molar refractivity (Wildman–Crippen MR) is 82.2 cm³/mol. The van der Waals surface area contributed by atoms with Gasteiger partial charge >= 0.3 is 0 Å². The lowest BCUT2D eigenvalue weighted by molar-refractivity contribution is -0.134. The van der Waals surface area contributed by atoms with Crippen LogP contribution in [-0.2, 0) is 20.7 Å². The zero-order valence-corrected chi connectivity index (χ0v) is 13.1. The van der Waals surface area contributed by atoms with E-state index in [0.717, 1.165) is 18.4 Å². The van der Waals surface area contributed by atoms with Gasteiger partial charge in [-0.15, -0.1) is 0 Å². The Morgan fingerprint density at radius 3 is 2.77 bits per heavy atom. The molecule has 1 aromatic heterocycles. The minimum atomic E-state index is -0.195. The molecule has 0 spiro atoms. The monoisotopic (exact) mass is 305 g/mol. The minimum absolute atomic E-state index is 0.00334. The number of ether oxygens (including phenoxy) is 1. The largest absolute Gasteiger partial charge is 0.376 e. The number of aromatic nitrogens is 1. The summed E-state index contributed by atoms with van der Waals surface area (Å²) in [5, 5.41) is 2.57. The number of carbonyl (C=O) groups is 2. The Labute approximate surface area is 130 Å². The summed E-state index contributed by atoms with van der Waals surface area (Å²) in [5.74, 6) is -0.254. The highest BCUT2D eigenvalue weighted by Crippen LogP contribution is 2.24. The number of hydrogen-bond acceptors (Lipinski definition) is 4. The van der Waals surface area contributed by atoms with Gasteiger partial charge in [0.2, 0.25) is 11.8 Å². The fourth-order valence-corrected chi connectivity index (χ4v) is 2.85. The zero-order chi connectivity index (χ0) is 15.9. The number of amides is 2. The highest BCUT2D eigenvalue weighted by atomic mass is 16.5. The molecule has 6 nitrogen and oxygen atoms in total. The van der Waals surface area contributed by atoms with Gasteiger partial charge in [0.05, 0.1) is 18.7 Å². The van der Waals surface area contributed by atoms with Crippen molar-refractivity contribution in [3.8, 4) is 0 Å². The van der Waals surface area contributed by atoms with E-state index in [1.807, 2.05) is 24.0 Å². The molecule has 0 bridgehead atoms. The Morgan fingerprint density at radius 2 is 2.14 bits per heavy atom. The number of hydrogen-bond donors (Lipinski definition) is 1. The number of carbonyl (C=O) groups excluding carboxylic acids is 2. The average molecular weight is 305 g/mol. The molecule has 0 unspecified atom stereocenters. The summed E-state index contributed by atoms with van der Waals surface area (Å²) in [5.41, 5.74) is 1.13. The van der Waals surface area contributed by atoms with E-state index in [-0.39, 0.29) is 30.5 Å². The fraction of sp³-hybridized carbons (Fsp3) is 0.562. The van der Waals surface area contributed by atoms with Gasteiger partial charge < -0.3 is 15.0 Å². The molecule has 1 N–H and O–H groups in total. The molecule has 2 heterocycles. The van der Waals surface area contributed by atoms with Crippen molar-refractivity contribution in [2.75, 3.05) is 19.7 Å². The molecule has 1 aromatic rings. The third-order valence-electron chi connectivity index (χ3n) is 3.87. The van der Waals surface area contributed by atoms with E-state index < -0.39 is 0 Å². The molecule has 22 heavy (non-hydrogen) atoms. The van der Waals surface area contributed by atoms with Crippen LogP contribution in [0.1, 0.15) is 25.8 Å². The second kappa shape index (κ2) is 7.89. The number of rotatable bonds is 6. The second-order valence-electron chi connectivity index (χ2n) is 5.41. The number of likely N-dealkylation sites (tertiary alicyclic amines) is 1. The van der Waals surface area contributed by atoms with Crippen LogP contribution in [0.2, 0.25) is 0 Å². The molecule has 0 saturated carbocycles. The van der Waals surface area contributed by atoms with E-state index >= 15 is 0 Å². The summed E-state index contributed by atoms with van der Waals surface area (Å²) in [4.78, 5) is 29.2. The van der Waals surface area contributed by atoms with E-state index in [4.69, 9.17) is 4.74 Å². The summed E-state index contributed by atoms with van der Waals surface area (Å²) in [6, 6.07) is 3.92. The Hall–Kier alpha value is -1.95. The summed E-state index contributed by atoms with van der Waals surface area (Å²) in [7, 11) is 0. The van der Waals surface area contributed by atoms with E-state index in [1.165, 1.54) is 6.92 Å². The van der Waals surface area contributed by atoms with Gasteiger partial charge in [-0.1, -0.05) is 0 Å². The highest BCUT2D eigenvalue weighted by Gasteiger charge is 2.37. The molecule has 6 heteroatoms. The number of nitrogens with zero attached hydrogens (tertiary/aromatic N) is 2. The number of pyridine rings is 1. The summed E-state index contributed by atoms with van der Waals surface area (Å²) < 4.78 is 5.80. The molecule has 1 saturated heterocycles. The summed E-state index contributed by atoms with van der Waals surface area (Å²) in [6.07, 6.45) is 5.11. The Morgan fingerprint density at radius 1 is 1.41 bits per heavy atom. The fourth-order valence-electron chi connectivity index (χ4n) is 2.85. The molecule has 2 rings (SSSR count). The van der Waals surface area contributed by atoms with Gasteiger partial charge in [0, 0.05) is 32.5 Å². The van der Waals surface area contributed by atoms with Gasteiger partial charge in [-0.2, -0.15) is 0 Å². The first kappa shape index (κ1) is 16.4. The third-order valence-corrected chi connectivity index (χ3v) is 3.87. The maximum atomic E-state index is 12.3. The van der Waals surface area contributed by atoms with Gasteiger partial charge in [0.15, 0.2) is 0 Å². The van der Waals surface area contributed by atoms with Crippen molar-refractivity contribution in [3.05, 3.63) is 30.1 Å². The van der Waals surface area contributed by atoms with Crippen LogP contribution in [0.25, 0.3) is 0 Å². The summed E-state index contributed by atoms with van der Waals surface area (Å²) >= 11 is 0. The highest BCUT2D eigenvalue weighted by molar-refractivity contribution is 5.84. The molecule has 2 atom stereocenters. The maximum Gasteiger partial charge on any atom is 0.242 e. The van der Waals surface area contributed by atoms with Crippen LogP contribution in [0.15, 0.2) is 24.5 Å². The molecule has 1 aliphatic rings. The molecular formula is C16H23N3O3. The van der Waals surface area contributed by atoms with Crippen LogP contribution in [-0.4, -0.2) is 53.5 Å². The normalized spacial score (nSPS) is 20.9. The van der Waals surface area contributed by atoms with Gasteiger partial charge in [-0.05, 0) is 37.5 Å². The first-order chi connectivity index (χ1) is 10.6. The molecule has 1 fully saturated rings. The zero-order valence-electron chi connectivity index (χ0n) is 13.1. The Balaban J connectivity index is 2.07. The van der Waals surface area contributed by atoms with Crippen molar-refractivity contribution >= 4 is 11.8 Å². The smallest absolute Gasteiger partial charge is 0.242 e. The van der Waals surface area contributed by atoms with Gasteiger partial charge in [-0.3, -0.25) is 14.6 Å². The third kappa shape index (κ3) is 4.27. The maximum absolute atomic E-state index is 12.3. The predicted octanol–water partition coefficient (Wildman–Crippen LogP) is 0.766. The molecule has 0 aliphatic carbocycles. The SMILES string of the molecule is CCO[C@@H]1CCN(C(=O)CNC(C)=O)[C@@H]1Cc1ccncc1. The van der Waals surface area contributed by atoms with E-state index in [2.05, 4.69) is 10.3 Å².